The summed E-state index contributed by atoms with van der Waals surface area (Å²) in [6.45, 7) is 10.7. The van der Waals surface area contributed by atoms with E-state index >= 15 is 28.8 Å². The number of ether oxygens (including phenoxy) is 8. The summed E-state index contributed by atoms with van der Waals surface area (Å²) in [4.78, 5) is 141. The van der Waals surface area contributed by atoms with E-state index < -0.39 is 228 Å². The van der Waals surface area contributed by atoms with Crippen LogP contribution < -0.4 is 61.9 Å². The molecule has 130 heavy (non-hydrogen) atoms. The molecule has 0 unspecified atom stereocenters. The predicted octanol–water partition coefficient (Wildman–Crippen LogP) is 8.86. The number of aliphatic hydroxyl groups is 6. The standard InChI is InChI=1S/C94H114Cl2N8O26/c1-8-19-123-41-50-10-14-55(34-70(50)124-20-18-98-7)99-93(122)100-74(112)33-54-30-65(109)79(103-88(118)46(9-2)21-42(3)4)81(113)48-12-16-68(61(95)28-48)126-71-31-53-32-72(85(71)130-92-86(84(116)83(115)73(40-105)128-92)129-75-39-94(6,97)87(117)43(5)125-75)127-69-17-13-49(29-62(69)96)82(114)80-91(121)102-78(67(111)37-57-51-23-44-22-45(25-51)26-52(57)24-44)60-35-56(106)36-64(108)76(60)59-27-47(11-15-63(59)107)58(90(120)104-80)38-66(110)77(53)101-89(54)119/h10-17,27-29,31-32,34-36,42-46,51-52,54,57-58,73,75,77-84,86-87,92,98,105-108,113-117H,8-9,18-26,30,33,37-41,97H2,1-7H3,(H,101,119)(H,102,121)(H,103,118)(H,104,120)(H2,99,100,112,122)/t43-,44?,45?,46+,51?,52?,54-,57?,58+,73+,75-,77+,78-,79-,80-,81+,82+,83+,84-,86+,87+,92-,94-/m0/s1. The van der Waals surface area contributed by atoms with Crippen LogP contribution >= 0.6 is 23.2 Å². The molecular formula is C94H114Cl2N8O26. The zero-order valence-corrected chi connectivity index (χ0v) is 74.6. The normalized spacial score (nSPS) is 29.8. The average molecular weight is 1840 g/mol. The topological polar surface area (TPSA) is 520 Å². The second kappa shape index (κ2) is 40.9. The summed E-state index contributed by atoms with van der Waals surface area (Å²) in [5.74, 6) is -16.2. The first-order valence-electron chi connectivity index (χ1n) is 44.3. The van der Waals surface area contributed by atoms with Crippen molar-refractivity contribution in [3.05, 3.63) is 140 Å². The van der Waals surface area contributed by atoms with Gasteiger partial charge in [0.2, 0.25) is 41.6 Å². The fourth-order valence-corrected chi connectivity index (χ4v) is 20.3. The lowest BCUT2D eigenvalue weighted by molar-refractivity contribution is -0.333. The average Bonchev–Trinajstić information content (AvgIpc) is 0.760. The number of Topliss-reactive ketones (excluding diaryl/α,β-unsaturated/α-hetero) is 3. The lowest BCUT2D eigenvalue weighted by atomic mass is 9.51. The molecule has 18 N–H and O–H groups in total. The molecule has 18 atom stereocenters. The third-order valence-electron chi connectivity index (χ3n) is 26.3. The molecule has 11 aliphatic rings. The van der Waals surface area contributed by atoms with Gasteiger partial charge in [0.15, 0.2) is 41.2 Å². The number of nitrogens with two attached hydrogens (primary N) is 1. The molecule has 0 spiro atoms. The first-order chi connectivity index (χ1) is 62.0. The molecule has 6 fully saturated rings. The Morgan fingerprint density at radius 3 is 2.00 bits per heavy atom. The molecular weight excluding hydrogens is 1730 g/mol. The predicted molar refractivity (Wildman–Crippen MR) is 469 cm³/mol. The van der Waals surface area contributed by atoms with Crippen LogP contribution in [0.1, 0.15) is 189 Å². The van der Waals surface area contributed by atoms with E-state index in [2.05, 4.69) is 37.2 Å². The number of urea groups is 1. The number of hydrogen-bond donors (Lipinski definition) is 17. The lowest BCUT2D eigenvalue weighted by Gasteiger charge is -2.54. The van der Waals surface area contributed by atoms with E-state index in [1.54, 1.807) is 20.0 Å². The van der Waals surface area contributed by atoms with E-state index in [9.17, 15) is 60.3 Å². The number of anilines is 1. The van der Waals surface area contributed by atoms with Crippen LogP contribution in [-0.2, 0) is 63.9 Å². The summed E-state index contributed by atoms with van der Waals surface area (Å²) in [5.41, 5.74) is 4.25. The number of phenolic OH excluding ortho intramolecular Hbond substituents is 3. The van der Waals surface area contributed by atoms with Crippen LogP contribution in [0.3, 0.4) is 0 Å². The van der Waals surface area contributed by atoms with Gasteiger partial charge in [0.05, 0.1) is 47.3 Å². The molecule has 4 saturated carbocycles. The number of phenols is 3. The highest BCUT2D eigenvalue weighted by Gasteiger charge is 2.53. The van der Waals surface area contributed by atoms with Crippen LogP contribution in [0.4, 0.5) is 10.5 Å². The van der Waals surface area contributed by atoms with Crippen molar-refractivity contribution in [2.45, 2.75) is 229 Å². The number of amides is 7. The Labute approximate surface area is 760 Å². The van der Waals surface area contributed by atoms with Crippen LogP contribution in [0.5, 0.6) is 51.7 Å². The van der Waals surface area contributed by atoms with Gasteiger partial charge in [-0.2, -0.15) is 0 Å². The number of carbonyl (C=O) groups is 9. The van der Waals surface area contributed by atoms with Crippen molar-refractivity contribution in [1.82, 2.24) is 31.9 Å². The maximum Gasteiger partial charge on any atom is 0.325 e. The number of fused-ring (bicyclic) bond motifs is 15. The summed E-state index contributed by atoms with van der Waals surface area (Å²) in [6, 6.07) is 10.5. The second-order valence-corrected chi connectivity index (χ2v) is 37.2. The van der Waals surface area contributed by atoms with E-state index in [-0.39, 0.29) is 117 Å². The zero-order valence-electron chi connectivity index (χ0n) is 73.0. The Hall–Kier alpha value is -10.2. The minimum Gasteiger partial charge on any atom is -0.508 e. The lowest BCUT2D eigenvalue weighted by Crippen LogP contribution is -2.64. The summed E-state index contributed by atoms with van der Waals surface area (Å²) in [7, 11) is 1.73. The number of likely N-dealkylation sites (N-methyl/N-ethyl adjacent to an activating group) is 1. The van der Waals surface area contributed by atoms with Crippen molar-refractivity contribution in [3.63, 3.8) is 0 Å². The van der Waals surface area contributed by atoms with Crippen LogP contribution in [0.2, 0.25) is 10.0 Å². The maximum absolute atomic E-state index is 16.9. The number of aliphatic hydroxyl groups excluding tert-OH is 6. The quantitative estimate of drug-likeness (QED) is 0.0251. The highest BCUT2D eigenvalue weighted by molar-refractivity contribution is 6.32. The van der Waals surface area contributed by atoms with Gasteiger partial charge < -0.3 is 121 Å². The molecule has 7 heterocycles. The molecule has 6 aromatic rings. The van der Waals surface area contributed by atoms with Gasteiger partial charge in [-0.15, -0.1) is 0 Å². The maximum atomic E-state index is 16.9. The molecule has 0 radical (unpaired) electrons. The molecule has 4 aliphatic carbocycles. The van der Waals surface area contributed by atoms with Crippen molar-refractivity contribution in [1.29, 1.82) is 0 Å². The van der Waals surface area contributed by atoms with Crippen molar-refractivity contribution in [2.75, 3.05) is 38.7 Å². The number of ketones is 3. The largest absolute Gasteiger partial charge is 0.508 e. The summed E-state index contributed by atoms with van der Waals surface area (Å²) >= 11 is 14.6. The Bertz CT molecular complexity index is 5220. The van der Waals surface area contributed by atoms with Gasteiger partial charge in [-0.1, -0.05) is 75.2 Å². The minimum atomic E-state index is -2.28. The number of carbonyl (C=O) groups excluding carboxylic acids is 9. The number of nitrogens with one attached hydrogen (secondary N) is 7. The van der Waals surface area contributed by atoms with Crippen LogP contribution in [0, 0.1) is 47.3 Å². The molecule has 17 rings (SSSR count). The van der Waals surface area contributed by atoms with E-state index in [0.717, 1.165) is 74.9 Å². The SMILES string of the molecule is CCCOCc1ccc(NC(=O)NC(=O)C[C@@H]2CC(=O)[C@H](NC(=O)[C@H](CC)CC(C)C)[C@H](O)c3ccc(c(Cl)c3)Oc3cc4cc(c3O[C@@H]3O[C@H](CO)[C@@H](O)[C@H](O)[C@H]3O[C@H]3C[C@](C)(N)[C@H](O)[C@H](C)O3)Oc3ccc(cc3Cl)[C@@H](O)[C@@H]3NC(=O)[C@H](CC(=O)[C@@H]4NC2=O)c2ccc(O)c(c2)-c2c(O)cc(O)cc2[C@@H](C(=O)CC2C4CC5CC(C4)CC2C5)NC3=O)cc1OCCNC. The van der Waals surface area contributed by atoms with Gasteiger partial charge >= 0.3 is 6.03 Å². The van der Waals surface area contributed by atoms with Crippen molar-refractivity contribution < 1.29 is 127 Å². The molecule has 700 valence electrons. The number of aromatic hydroxyl groups is 3. The Morgan fingerprint density at radius 2 is 1.37 bits per heavy atom. The Balaban J connectivity index is 0.952. The van der Waals surface area contributed by atoms with Crippen molar-refractivity contribution in [3.8, 4) is 62.9 Å². The van der Waals surface area contributed by atoms with Gasteiger partial charge in [-0.25, -0.2) is 4.79 Å². The monoisotopic (exact) mass is 1840 g/mol. The first-order valence-corrected chi connectivity index (χ1v) is 45.1. The van der Waals surface area contributed by atoms with E-state index in [1.165, 1.54) is 68.4 Å². The van der Waals surface area contributed by atoms with Crippen LogP contribution in [0.15, 0.2) is 97.1 Å². The van der Waals surface area contributed by atoms with E-state index in [4.69, 9.17) is 66.8 Å². The van der Waals surface area contributed by atoms with Crippen molar-refractivity contribution in [2.24, 2.45) is 53.1 Å². The van der Waals surface area contributed by atoms with Gasteiger partial charge in [-0.3, -0.25) is 43.7 Å². The van der Waals surface area contributed by atoms with Gasteiger partial charge in [-0.05, 0) is 196 Å². The molecule has 7 amide bonds. The Morgan fingerprint density at radius 1 is 0.700 bits per heavy atom. The Kier molecular flexibility index (Phi) is 30.2. The number of halogens is 2. The number of imide groups is 1. The third-order valence-corrected chi connectivity index (χ3v) is 26.9. The smallest absolute Gasteiger partial charge is 0.325 e. The van der Waals surface area contributed by atoms with Gasteiger partial charge in [0.25, 0.3) is 0 Å². The van der Waals surface area contributed by atoms with Crippen LogP contribution in [-0.4, -0.2) is 199 Å². The first kappa shape index (κ1) is 95.9. The van der Waals surface area contributed by atoms with Crippen LogP contribution in [0.25, 0.3) is 11.1 Å². The third kappa shape index (κ3) is 21.3. The summed E-state index contributed by atoms with van der Waals surface area (Å²) < 4.78 is 51.2. The van der Waals surface area contributed by atoms with E-state index in [0.29, 0.717) is 42.7 Å². The second-order valence-electron chi connectivity index (χ2n) is 36.4. The van der Waals surface area contributed by atoms with Gasteiger partial charge in [0, 0.05) is 91.2 Å². The molecule has 7 aliphatic heterocycles. The number of hydrogen-bond acceptors (Lipinski definition) is 28. The molecule has 36 heteroatoms. The molecule has 6 aromatic carbocycles. The minimum absolute atomic E-state index is 0.0640. The highest BCUT2D eigenvalue weighted by Crippen LogP contribution is 2.59. The molecule has 34 nitrogen and oxygen atoms in total. The molecule has 2 saturated heterocycles. The molecule has 0 aromatic heterocycles. The fraction of sp³-hybridized carbons (Fsp3) is 0.521. The highest BCUT2D eigenvalue weighted by atomic mass is 35.5. The summed E-state index contributed by atoms with van der Waals surface area (Å²) in [6.07, 6.45) is -15.1. The number of rotatable bonds is 24. The summed E-state index contributed by atoms with van der Waals surface area (Å²) in [5, 5.41) is 126. The fourth-order valence-electron chi connectivity index (χ4n) is 19.8. The number of benzene rings is 6. The van der Waals surface area contributed by atoms with E-state index in [1.807, 2.05) is 20.8 Å². The zero-order chi connectivity index (χ0) is 93.2. The van der Waals surface area contributed by atoms with Crippen molar-refractivity contribution >= 4 is 81.8 Å². The molecule has 15 bridgehead atoms. The van der Waals surface area contributed by atoms with Gasteiger partial charge in [0.1, 0.15) is 95.8 Å².